The number of benzene rings is 1. The first-order chi connectivity index (χ1) is 11.1. The Morgan fingerprint density at radius 3 is 2.74 bits per heavy atom. The van der Waals surface area contributed by atoms with Crippen LogP contribution in [-0.2, 0) is 16.0 Å². The molecule has 2 rings (SSSR count). The van der Waals surface area contributed by atoms with E-state index in [9.17, 15) is 9.59 Å². The quantitative estimate of drug-likeness (QED) is 0.623. The number of nitrogens with one attached hydrogen (secondary N) is 1. The molecule has 1 unspecified atom stereocenters. The molecule has 0 radical (unpaired) electrons. The number of ether oxygens (including phenoxy) is 1. The molecule has 0 aliphatic rings. The van der Waals surface area contributed by atoms with E-state index in [1.54, 1.807) is 25.3 Å². The van der Waals surface area contributed by atoms with Crippen LogP contribution in [0, 0.1) is 0 Å². The van der Waals surface area contributed by atoms with E-state index in [4.69, 9.17) is 9.15 Å². The fourth-order valence-corrected chi connectivity index (χ4v) is 3.03. The van der Waals surface area contributed by atoms with Gasteiger partial charge in [0, 0.05) is 17.9 Å². The molecular formula is C17H19NO4S. The van der Waals surface area contributed by atoms with Gasteiger partial charge in [-0.3, -0.25) is 9.59 Å². The molecule has 122 valence electrons. The van der Waals surface area contributed by atoms with Crippen LogP contribution >= 0.6 is 11.8 Å². The van der Waals surface area contributed by atoms with Crippen LogP contribution in [0.1, 0.15) is 23.0 Å². The van der Waals surface area contributed by atoms with Crippen LogP contribution in [0.4, 0.5) is 0 Å². The topological polar surface area (TPSA) is 68.5 Å². The van der Waals surface area contributed by atoms with Gasteiger partial charge in [0.2, 0.25) is 0 Å². The number of methoxy groups -OCH3 is 1. The average molecular weight is 333 g/mol. The maximum atomic E-state index is 12.3. The summed E-state index contributed by atoms with van der Waals surface area (Å²) < 4.78 is 9.95. The highest BCUT2D eigenvalue weighted by molar-refractivity contribution is 8.00. The minimum absolute atomic E-state index is 0.170. The Bertz CT molecular complexity index is 654. The molecule has 0 spiro atoms. The van der Waals surface area contributed by atoms with Gasteiger partial charge in [0.05, 0.1) is 18.9 Å². The molecule has 1 atom stereocenters. The fraction of sp³-hybridized carbons (Fsp3) is 0.294. The maximum Gasteiger partial charge on any atom is 0.318 e. The summed E-state index contributed by atoms with van der Waals surface area (Å²) in [5, 5.41) is 2.49. The molecule has 1 aromatic heterocycles. The van der Waals surface area contributed by atoms with Crippen molar-refractivity contribution in [3.8, 4) is 0 Å². The first-order valence-electron chi connectivity index (χ1n) is 7.26. The number of hydrogen-bond acceptors (Lipinski definition) is 5. The van der Waals surface area contributed by atoms with E-state index in [0.717, 1.165) is 10.7 Å². The Kier molecular flexibility index (Phi) is 6.29. The van der Waals surface area contributed by atoms with E-state index < -0.39 is 0 Å². The molecule has 1 N–H and O–H groups in total. The predicted molar refractivity (Wildman–Crippen MR) is 88.5 cm³/mol. The molecule has 1 heterocycles. The van der Waals surface area contributed by atoms with Crippen LogP contribution in [-0.4, -0.2) is 30.8 Å². The van der Waals surface area contributed by atoms with Crippen LogP contribution < -0.4 is 5.32 Å². The van der Waals surface area contributed by atoms with E-state index in [0.29, 0.717) is 18.5 Å². The van der Waals surface area contributed by atoms with Crippen molar-refractivity contribution in [2.75, 3.05) is 13.7 Å². The summed E-state index contributed by atoms with van der Waals surface area (Å²) >= 11 is 1.31. The molecule has 0 aliphatic carbocycles. The number of rotatable bonds is 7. The van der Waals surface area contributed by atoms with Gasteiger partial charge in [-0.05, 0) is 31.2 Å². The van der Waals surface area contributed by atoms with Crippen LogP contribution in [0.5, 0.6) is 0 Å². The van der Waals surface area contributed by atoms with Gasteiger partial charge in [0.1, 0.15) is 11.0 Å². The summed E-state index contributed by atoms with van der Waals surface area (Å²) in [6.45, 7) is 2.24. The summed E-state index contributed by atoms with van der Waals surface area (Å²) in [4.78, 5) is 24.6. The Morgan fingerprint density at radius 1 is 1.26 bits per heavy atom. The van der Waals surface area contributed by atoms with E-state index >= 15 is 0 Å². The Morgan fingerprint density at radius 2 is 2.04 bits per heavy atom. The van der Waals surface area contributed by atoms with Crippen molar-refractivity contribution in [3.05, 3.63) is 54.0 Å². The number of carbonyl (C=O) groups is 2. The van der Waals surface area contributed by atoms with Crippen molar-refractivity contribution in [1.82, 2.24) is 5.32 Å². The van der Waals surface area contributed by atoms with Crippen LogP contribution in [0.25, 0.3) is 0 Å². The predicted octanol–water partition coefficient (Wildman–Crippen LogP) is 2.91. The summed E-state index contributed by atoms with van der Waals surface area (Å²) in [5.41, 5.74) is 0.549. The summed E-state index contributed by atoms with van der Waals surface area (Å²) in [6, 6.07) is 10.9. The molecule has 1 amide bonds. The van der Waals surface area contributed by atoms with Gasteiger partial charge in [0.15, 0.2) is 0 Å². The van der Waals surface area contributed by atoms with Gasteiger partial charge in [-0.15, -0.1) is 11.8 Å². The molecule has 0 aliphatic heterocycles. The van der Waals surface area contributed by atoms with Gasteiger partial charge in [-0.25, -0.2) is 0 Å². The number of thioether (sulfide) groups is 1. The minimum Gasteiger partial charge on any atom is -0.469 e. The fourth-order valence-electron chi connectivity index (χ4n) is 2.01. The van der Waals surface area contributed by atoms with Gasteiger partial charge < -0.3 is 14.5 Å². The number of esters is 1. The van der Waals surface area contributed by atoms with E-state index in [1.807, 2.05) is 24.3 Å². The third kappa shape index (κ3) is 4.89. The zero-order valence-electron chi connectivity index (χ0n) is 13.1. The number of hydrogen-bond donors (Lipinski definition) is 1. The highest BCUT2D eigenvalue weighted by Gasteiger charge is 2.18. The minimum atomic E-state index is -0.378. The first-order valence-corrected chi connectivity index (χ1v) is 8.14. The Labute approximate surface area is 139 Å². The molecule has 0 saturated carbocycles. The zero-order valence-corrected chi connectivity index (χ0v) is 13.9. The second-order valence-corrected chi connectivity index (χ2v) is 6.25. The number of furan rings is 1. The zero-order chi connectivity index (χ0) is 16.7. The first kappa shape index (κ1) is 17.1. The van der Waals surface area contributed by atoms with Crippen molar-refractivity contribution in [3.63, 3.8) is 0 Å². The molecule has 0 saturated heterocycles. The molecule has 6 heteroatoms. The number of amides is 1. The highest BCUT2D eigenvalue weighted by Crippen LogP contribution is 2.27. The monoisotopic (exact) mass is 333 g/mol. The standard InChI is InChI=1S/C17H19NO4S/c1-12(17(20)21-2)23-15-8-4-3-7-14(15)16(19)18-10-9-13-6-5-11-22-13/h3-8,11-12H,9-10H2,1-2H3,(H,18,19). The third-order valence-electron chi connectivity index (χ3n) is 3.21. The molecule has 5 nitrogen and oxygen atoms in total. The average Bonchev–Trinajstić information content (AvgIpc) is 3.07. The molecular weight excluding hydrogens is 314 g/mol. The Hall–Kier alpha value is -2.21. The number of carbonyl (C=O) groups excluding carboxylic acids is 2. The van der Waals surface area contributed by atoms with Gasteiger partial charge in [0.25, 0.3) is 5.91 Å². The van der Waals surface area contributed by atoms with E-state index in [1.165, 1.54) is 18.9 Å². The maximum absolute atomic E-state index is 12.3. The summed E-state index contributed by atoms with van der Waals surface area (Å²) in [5.74, 6) is 0.340. The van der Waals surface area contributed by atoms with E-state index in [-0.39, 0.29) is 17.1 Å². The molecule has 2 aromatic rings. The van der Waals surface area contributed by atoms with Crippen molar-refractivity contribution >= 4 is 23.6 Å². The lowest BCUT2D eigenvalue weighted by Gasteiger charge is -2.12. The molecule has 23 heavy (non-hydrogen) atoms. The van der Waals surface area contributed by atoms with Crippen molar-refractivity contribution < 1.29 is 18.7 Å². The lowest BCUT2D eigenvalue weighted by atomic mass is 10.2. The second-order valence-electron chi connectivity index (χ2n) is 4.86. The van der Waals surface area contributed by atoms with Gasteiger partial charge >= 0.3 is 5.97 Å². The lowest BCUT2D eigenvalue weighted by molar-refractivity contribution is -0.139. The van der Waals surface area contributed by atoms with Crippen molar-refractivity contribution in [2.45, 2.75) is 23.5 Å². The Balaban J connectivity index is 1.98. The van der Waals surface area contributed by atoms with Gasteiger partial charge in [-0.2, -0.15) is 0 Å². The third-order valence-corrected chi connectivity index (χ3v) is 4.36. The second kappa shape index (κ2) is 8.43. The normalized spacial score (nSPS) is 11.7. The van der Waals surface area contributed by atoms with Crippen LogP contribution in [0.15, 0.2) is 52.0 Å². The molecule has 0 fully saturated rings. The largest absolute Gasteiger partial charge is 0.469 e. The van der Waals surface area contributed by atoms with Crippen molar-refractivity contribution in [1.29, 1.82) is 0 Å². The highest BCUT2D eigenvalue weighted by atomic mass is 32.2. The van der Waals surface area contributed by atoms with Crippen molar-refractivity contribution in [2.24, 2.45) is 0 Å². The molecule has 0 bridgehead atoms. The van der Waals surface area contributed by atoms with Crippen LogP contribution in [0.2, 0.25) is 0 Å². The molecule has 1 aromatic carbocycles. The smallest absolute Gasteiger partial charge is 0.318 e. The summed E-state index contributed by atoms with van der Waals surface area (Å²) in [7, 11) is 1.35. The SMILES string of the molecule is COC(=O)C(C)Sc1ccccc1C(=O)NCCc1ccco1. The van der Waals surface area contributed by atoms with Gasteiger partial charge in [-0.1, -0.05) is 12.1 Å². The summed E-state index contributed by atoms with van der Waals surface area (Å²) in [6.07, 6.45) is 2.24. The van der Waals surface area contributed by atoms with E-state index in [2.05, 4.69) is 5.32 Å². The van der Waals surface area contributed by atoms with Crippen LogP contribution in [0.3, 0.4) is 0 Å². The lowest BCUT2D eigenvalue weighted by Crippen LogP contribution is -2.26.